The van der Waals surface area contributed by atoms with Gasteiger partial charge in [-0.25, -0.2) is 15.8 Å². The molecule has 0 radical (unpaired) electrons. The number of anilines is 3. The molecule has 4 N–H and O–H groups in total. The minimum absolute atomic E-state index is 0.262. The van der Waals surface area contributed by atoms with Gasteiger partial charge < -0.3 is 10.7 Å². The maximum atomic E-state index is 5.56. The van der Waals surface area contributed by atoms with E-state index in [1.165, 1.54) is 11.9 Å². The first-order valence-electron chi connectivity index (χ1n) is 7.33. The normalized spacial score (nSPS) is 10.7. The number of benzene rings is 1. The Morgan fingerprint density at radius 3 is 2.52 bits per heavy atom. The fourth-order valence-electron chi connectivity index (χ4n) is 2.41. The minimum Gasteiger partial charge on any atom is -0.340 e. The standard InChI is InChI=1S/C16H23N5/c1-4-7-12-8-5-6-9-13(12)20-15-14(11(2)3)16(21-17)19-10-18-15/h5-6,8-11H,4,7,17H2,1-3H3,(H2,18,19,20,21). The first kappa shape index (κ1) is 15.3. The average Bonchev–Trinajstić information content (AvgIpc) is 2.49. The third-order valence-electron chi connectivity index (χ3n) is 3.39. The molecular weight excluding hydrogens is 262 g/mol. The SMILES string of the molecule is CCCc1ccccc1Nc1ncnc(NN)c1C(C)C. The van der Waals surface area contributed by atoms with Crippen LogP contribution in [0.2, 0.25) is 0 Å². The van der Waals surface area contributed by atoms with Gasteiger partial charge in [-0.15, -0.1) is 0 Å². The molecule has 0 fully saturated rings. The van der Waals surface area contributed by atoms with E-state index < -0.39 is 0 Å². The second-order valence-corrected chi connectivity index (χ2v) is 5.32. The number of nitrogens with two attached hydrogens (primary N) is 1. The van der Waals surface area contributed by atoms with Crippen molar-refractivity contribution < 1.29 is 0 Å². The zero-order chi connectivity index (χ0) is 15.2. The predicted octanol–water partition coefficient (Wildman–Crippen LogP) is 3.58. The van der Waals surface area contributed by atoms with Crippen molar-refractivity contribution in [1.82, 2.24) is 9.97 Å². The molecule has 2 rings (SSSR count). The molecule has 21 heavy (non-hydrogen) atoms. The van der Waals surface area contributed by atoms with Gasteiger partial charge in [-0.1, -0.05) is 45.4 Å². The van der Waals surface area contributed by atoms with Crippen molar-refractivity contribution in [2.75, 3.05) is 10.7 Å². The zero-order valence-corrected chi connectivity index (χ0v) is 12.9. The second kappa shape index (κ2) is 7.04. The summed E-state index contributed by atoms with van der Waals surface area (Å²) in [5, 5.41) is 3.44. The Labute approximate surface area is 126 Å². The molecular formula is C16H23N5. The third kappa shape index (κ3) is 3.49. The highest BCUT2D eigenvalue weighted by molar-refractivity contribution is 5.67. The lowest BCUT2D eigenvalue weighted by Gasteiger charge is -2.18. The second-order valence-electron chi connectivity index (χ2n) is 5.32. The number of para-hydroxylation sites is 1. The van der Waals surface area contributed by atoms with Gasteiger partial charge in [-0.05, 0) is 24.0 Å². The summed E-state index contributed by atoms with van der Waals surface area (Å²) in [6.07, 6.45) is 3.66. The smallest absolute Gasteiger partial charge is 0.148 e. The summed E-state index contributed by atoms with van der Waals surface area (Å²) in [6.45, 7) is 6.38. The van der Waals surface area contributed by atoms with E-state index >= 15 is 0 Å². The van der Waals surface area contributed by atoms with Crippen LogP contribution in [0.4, 0.5) is 17.3 Å². The third-order valence-corrected chi connectivity index (χ3v) is 3.39. The number of hydrazine groups is 1. The maximum absolute atomic E-state index is 5.56. The summed E-state index contributed by atoms with van der Waals surface area (Å²) in [5.41, 5.74) is 6.02. The Hall–Kier alpha value is -2.14. The first-order chi connectivity index (χ1) is 10.2. The predicted molar refractivity (Wildman–Crippen MR) is 87.7 cm³/mol. The van der Waals surface area contributed by atoms with Gasteiger partial charge in [0.15, 0.2) is 0 Å². The lowest BCUT2D eigenvalue weighted by atomic mass is 10.0. The fraction of sp³-hybridized carbons (Fsp3) is 0.375. The van der Waals surface area contributed by atoms with Crippen molar-refractivity contribution in [1.29, 1.82) is 0 Å². The van der Waals surface area contributed by atoms with Crippen LogP contribution < -0.4 is 16.6 Å². The van der Waals surface area contributed by atoms with Gasteiger partial charge in [0.2, 0.25) is 0 Å². The van der Waals surface area contributed by atoms with E-state index in [-0.39, 0.29) is 5.92 Å². The Balaban J connectivity index is 2.40. The van der Waals surface area contributed by atoms with Gasteiger partial charge in [-0.2, -0.15) is 0 Å². The fourth-order valence-corrected chi connectivity index (χ4v) is 2.41. The van der Waals surface area contributed by atoms with Crippen LogP contribution in [0.25, 0.3) is 0 Å². The van der Waals surface area contributed by atoms with E-state index in [0.717, 1.165) is 29.9 Å². The van der Waals surface area contributed by atoms with Crippen LogP contribution in [-0.4, -0.2) is 9.97 Å². The summed E-state index contributed by atoms with van der Waals surface area (Å²) in [7, 11) is 0. The monoisotopic (exact) mass is 285 g/mol. The molecule has 1 aromatic heterocycles. The van der Waals surface area contributed by atoms with Crippen molar-refractivity contribution in [3.63, 3.8) is 0 Å². The van der Waals surface area contributed by atoms with Crippen LogP contribution in [0.3, 0.4) is 0 Å². The van der Waals surface area contributed by atoms with Crippen molar-refractivity contribution in [2.24, 2.45) is 5.84 Å². The van der Waals surface area contributed by atoms with Crippen LogP contribution >= 0.6 is 0 Å². The highest BCUT2D eigenvalue weighted by atomic mass is 15.3. The van der Waals surface area contributed by atoms with Crippen molar-refractivity contribution in [2.45, 2.75) is 39.5 Å². The van der Waals surface area contributed by atoms with Crippen molar-refractivity contribution >= 4 is 17.3 Å². The van der Waals surface area contributed by atoms with Crippen LogP contribution in [0.1, 0.15) is 44.2 Å². The summed E-state index contributed by atoms with van der Waals surface area (Å²) in [4.78, 5) is 8.58. The zero-order valence-electron chi connectivity index (χ0n) is 12.9. The molecule has 2 aromatic rings. The summed E-state index contributed by atoms with van der Waals surface area (Å²) in [5.74, 6) is 7.29. The highest BCUT2D eigenvalue weighted by Crippen LogP contribution is 2.31. The van der Waals surface area contributed by atoms with Crippen LogP contribution in [-0.2, 0) is 6.42 Å². The molecule has 0 saturated carbocycles. The Kier molecular flexibility index (Phi) is 5.11. The van der Waals surface area contributed by atoms with Crippen LogP contribution in [0.5, 0.6) is 0 Å². The quantitative estimate of drug-likeness (QED) is 0.558. The molecule has 1 aromatic carbocycles. The maximum Gasteiger partial charge on any atom is 0.148 e. The number of hydrogen-bond acceptors (Lipinski definition) is 5. The molecule has 0 saturated heterocycles. The lowest BCUT2D eigenvalue weighted by Crippen LogP contribution is -2.14. The minimum atomic E-state index is 0.262. The van der Waals surface area contributed by atoms with Crippen LogP contribution in [0.15, 0.2) is 30.6 Å². The molecule has 5 nitrogen and oxygen atoms in total. The van der Waals surface area contributed by atoms with Gasteiger partial charge in [0.05, 0.1) is 0 Å². The first-order valence-corrected chi connectivity index (χ1v) is 7.33. The largest absolute Gasteiger partial charge is 0.340 e. The van der Waals surface area contributed by atoms with Crippen LogP contribution in [0, 0.1) is 0 Å². The number of nitrogen functional groups attached to an aromatic ring is 1. The van der Waals surface area contributed by atoms with E-state index in [2.05, 4.69) is 59.7 Å². The number of aryl methyl sites for hydroxylation is 1. The molecule has 0 unspecified atom stereocenters. The molecule has 0 atom stereocenters. The van der Waals surface area contributed by atoms with Gasteiger partial charge >= 0.3 is 0 Å². The molecule has 0 bridgehead atoms. The Morgan fingerprint density at radius 1 is 1.14 bits per heavy atom. The van der Waals surface area contributed by atoms with E-state index in [0.29, 0.717) is 5.82 Å². The lowest BCUT2D eigenvalue weighted by molar-refractivity contribution is 0.849. The van der Waals surface area contributed by atoms with E-state index in [4.69, 9.17) is 5.84 Å². The molecule has 112 valence electrons. The van der Waals surface area contributed by atoms with E-state index in [1.807, 2.05) is 6.07 Å². The number of nitrogens with one attached hydrogen (secondary N) is 2. The number of aromatic nitrogens is 2. The molecule has 5 heteroatoms. The molecule has 0 aliphatic carbocycles. The molecule has 0 aliphatic rings. The van der Waals surface area contributed by atoms with E-state index in [1.54, 1.807) is 0 Å². The van der Waals surface area contributed by atoms with Crippen molar-refractivity contribution in [3.05, 3.63) is 41.7 Å². The molecule has 0 aliphatic heterocycles. The van der Waals surface area contributed by atoms with Gasteiger partial charge in [0, 0.05) is 11.3 Å². The average molecular weight is 285 g/mol. The topological polar surface area (TPSA) is 75.9 Å². The van der Waals surface area contributed by atoms with Gasteiger partial charge in [-0.3, -0.25) is 0 Å². The van der Waals surface area contributed by atoms with Crippen molar-refractivity contribution in [3.8, 4) is 0 Å². The number of hydrogen-bond donors (Lipinski definition) is 3. The molecule has 1 heterocycles. The Bertz CT molecular complexity index is 595. The summed E-state index contributed by atoms with van der Waals surface area (Å²) >= 11 is 0. The summed E-state index contributed by atoms with van der Waals surface area (Å²) in [6, 6.07) is 8.31. The highest BCUT2D eigenvalue weighted by Gasteiger charge is 2.15. The molecule has 0 spiro atoms. The van der Waals surface area contributed by atoms with E-state index in [9.17, 15) is 0 Å². The van der Waals surface area contributed by atoms with Gasteiger partial charge in [0.25, 0.3) is 0 Å². The Morgan fingerprint density at radius 2 is 1.86 bits per heavy atom. The van der Waals surface area contributed by atoms with Gasteiger partial charge in [0.1, 0.15) is 18.0 Å². The number of rotatable bonds is 6. The number of nitrogens with zero attached hydrogens (tertiary/aromatic N) is 2. The molecule has 0 amide bonds. The summed E-state index contributed by atoms with van der Waals surface area (Å²) < 4.78 is 0.